The first-order valence-corrected chi connectivity index (χ1v) is 8.81. The number of likely N-dealkylation sites (tertiary alicyclic amines) is 1. The fraction of sp³-hybridized carbons (Fsp3) is 0.444. The van der Waals surface area contributed by atoms with Crippen molar-refractivity contribution in [3.05, 3.63) is 42.1 Å². The second-order valence-corrected chi connectivity index (χ2v) is 6.51. The smallest absolute Gasteiger partial charge is 0.183 e. The Hall–Kier alpha value is -1.72. The van der Waals surface area contributed by atoms with Crippen molar-refractivity contribution in [1.29, 1.82) is 0 Å². The average molecular weight is 328 g/mol. The molecule has 1 aromatic carbocycles. The highest BCUT2D eigenvalue weighted by molar-refractivity contribution is 7.80. The molecule has 2 aromatic rings. The minimum Gasteiger partial charge on any atom is -0.348 e. The molecule has 4 nitrogen and oxygen atoms in total. The van der Waals surface area contributed by atoms with Gasteiger partial charge >= 0.3 is 0 Å². The molecule has 1 fully saturated rings. The molecule has 2 heterocycles. The maximum atomic E-state index is 5.51. The minimum absolute atomic E-state index is 0.0875. The van der Waals surface area contributed by atoms with Gasteiger partial charge in [-0.05, 0) is 44.1 Å². The van der Waals surface area contributed by atoms with Crippen molar-refractivity contribution in [2.24, 2.45) is 0 Å². The maximum Gasteiger partial charge on any atom is 0.183 e. The van der Waals surface area contributed by atoms with E-state index in [1.165, 1.54) is 25.7 Å². The van der Waals surface area contributed by atoms with Crippen LogP contribution < -0.4 is 10.9 Å². The van der Waals surface area contributed by atoms with E-state index >= 15 is 0 Å². The summed E-state index contributed by atoms with van der Waals surface area (Å²) in [6.07, 6.45) is 5.07. The second-order valence-electron chi connectivity index (χ2n) is 6.13. The third-order valence-electron chi connectivity index (χ3n) is 4.35. The van der Waals surface area contributed by atoms with Crippen LogP contribution in [0.4, 0.5) is 0 Å². The highest BCUT2D eigenvalue weighted by Crippen LogP contribution is 2.16. The normalized spacial score (nSPS) is 16.8. The number of benzene rings is 1. The zero-order chi connectivity index (χ0) is 16.1. The predicted octanol–water partition coefficient (Wildman–Crippen LogP) is 3.55. The molecule has 3 rings (SSSR count). The Morgan fingerprint density at radius 1 is 1.09 bits per heavy atom. The Balaban J connectivity index is 1.59. The number of para-hydroxylation sites is 1. The number of nitrogens with one attached hydrogen (secondary N) is 2. The summed E-state index contributed by atoms with van der Waals surface area (Å²) < 4.78 is 0. The fourth-order valence-corrected chi connectivity index (χ4v) is 3.16. The average Bonchev–Trinajstić information content (AvgIpc) is 2.88. The van der Waals surface area contributed by atoms with Gasteiger partial charge in [0.2, 0.25) is 0 Å². The largest absolute Gasteiger partial charge is 0.348 e. The van der Waals surface area contributed by atoms with Crippen LogP contribution in [0.3, 0.4) is 0 Å². The van der Waals surface area contributed by atoms with E-state index in [4.69, 9.17) is 17.2 Å². The third kappa shape index (κ3) is 4.18. The van der Waals surface area contributed by atoms with E-state index in [2.05, 4.69) is 40.9 Å². The van der Waals surface area contributed by atoms with Crippen molar-refractivity contribution < 1.29 is 0 Å². The third-order valence-corrected chi connectivity index (χ3v) is 4.71. The number of hydrazine groups is 1. The standard InChI is InChI=1S/C18H24N4S/c1-14(16-11-10-15-8-4-5-9-17(15)19-16)20-21-18(23)22-12-6-2-3-7-13-22/h4-5,8-11,14,20H,2-3,6-7,12-13H2,1H3,(H,21,23). The number of pyridine rings is 1. The molecule has 1 saturated heterocycles. The SMILES string of the molecule is CC(NNC(=S)N1CCCCCC1)c1ccc2ccccc2n1. The van der Waals surface area contributed by atoms with Crippen molar-refractivity contribution in [2.75, 3.05) is 13.1 Å². The summed E-state index contributed by atoms with van der Waals surface area (Å²) in [7, 11) is 0. The van der Waals surface area contributed by atoms with Gasteiger partial charge in [0.15, 0.2) is 5.11 Å². The van der Waals surface area contributed by atoms with E-state index in [9.17, 15) is 0 Å². The summed E-state index contributed by atoms with van der Waals surface area (Å²) in [4.78, 5) is 6.98. The summed E-state index contributed by atoms with van der Waals surface area (Å²) in [6, 6.07) is 12.4. The molecular weight excluding hydrogens is 304 g/mol. The Bertz CT molecular complexity index is 665. The molecule has 0 saturated carbocycles. The summed E-state index contributed by atoms with van der Waals surface area (Å²) in [5.74, 6) is 0. The number of hydrogen-bond donors (Lipinski definition) is 2. The highest BCUT2D eigenvalue weighted by Gasteiger charge is 2.13. The lowest BCUT2D eigenvalue weighted by molar-refractivity contribution is 0.407. The fourth-order valence-electron chi connectivity index (χ4n) is 2.92. The Morgan fingerprint density at radius 3 is 2.61 bits per heavy atom. The van der Waals surface area contributed by atoms with E-state index < -0.39 is 0 Å². The van der Waals surface area contributed by atoms with Crippen LogP contribution in [0.15, 0.2) is 36.4 Å². The lowest BCUT2D eigenvalue weighted by Gasteiger charge is -2.25. The van der Waals surface area contributed by atoms with Gasteiger partial charge in [0.05, 0.1) is 17.3 Å². The van der Waals surface area contributed by atoms with Gasteiger partial charge < -0.3 is 4.90 Å². The van der Waals surface area contributed by atoms with Crippen LogP contribution >= 0.6 is 12.2 Å². The Morgan fingerprint density at radius 2 is 1.83 bits per heavy atom. The summed E-state index contributed by atoms with van der Waals surface area (Å²) >= 11 is 5.51. The second kappa shape index (κ2) is 7.70. The van der Waals surface area contributed by atoms with Crippen LogP contribution in [0.1, 0.15) is 44.3 Å². The van der Waals surface area contributed by atoms with E-state index in [0.29, 0.717) is 0 Å². The van der Waals surface area contributed by atoms with Crippen LogP contribution in [0.5, 0.6) is 0 Å². The van der Waals surface area contributed by atoms with E-state index in [0.717, 1.165) is 34.8 Å². The van der Waals surface area contributed by atoms with Gasteiger partial charge in [0.25, 0.3) is 0 Å². The molecule has 0 aliphatic carbocycles. The topological polar surface area (TPSA) is 40.2 Å². The van der Waals surface area contributed by atoms with Gasteiger partial charge in [0.1, 0.15) is 0 Å². The molecule has 0 bridgehead atoms. The summed E-state index contributed by atoms with van der Waals surface area (Å²) in [5, 5.41) is 1.95. The monoisotopic (exact) mass is 328 g/mol. The highest BCUT2D eigenvalue weighted by atomic mass is 32.1. The zero-order valence-electron chi connectivity index (χ0n) is 13.6. The first kappa shape index (κ1) is 16.1. The van der Waals surface area contributed by atoms with Gasteiger partial charge in [-0.3, -0.25) is 10.4 Å². The van der Waals surface area contributed by atoms with Gasteiger partial charge in [-0.15, -0.1) is 0 Å². The molecular formula is C18H24N4S. The lowest BCUT2D eigenvalue weighted by atomic mass is 10.1. The van der Waals surface area contributed by atoms with Crippen LogP contribution in [-0.2, 0) is 0 Å². The number of fused-ring (bicyclic) bond motifs is 1. The summed E-state index contributed by atoms with van der Waals surface area (Å²) in [6.45, 7) is 4.20. The number of rotatable bonds is 3. The molecule has 0 radical (unpaired) electrons. The molecule has 1 unspecified atom stereocenters. The molecule has 2 N–H and O–H groups in total. The zero-order valence-corrected chi connectivity index (χ0v) is 14.4. The lowest BCUT2D eigenvalue weighted by Crippen LogP contribution is -2.47. The van der Waals surface area contributed by atoms with Crippen molar-refractivity contribution in [3.63, 3.8) is 0 Å². The molecule has 0 amide bonds. The maximum absolute atomic E-state index is 5.51. The van der Waals surface area contributed by atoms with E-state index in [-0.39, 0.29) is 6.04 Å². The molecule has 0 spiro atoms. The van der Waals surface area contributed by atoms with Crippen LogP contribution in [0.25, 0.3) is 10.9 Å². The van der Waals surface area contributed by atoms with Crippen molar-refractivity contribution >= 4 is 28.2 Å². The van der Waals surface area contributed by atoms with Crippen LogP contribution in [0, 0.1) is 0 Å². The number of thiocarbonyl (C=S) groups is 1. The molecule has 1 atom stereocenters. The number of nitrogens with zero attached hydrogens (tertiary/aromatic N) is 2. The molecule has 23 heavy (non-hydrogen) atoms. The van der Waals surface area contributed by atoms with Gasteiger partial charge in [0, 0.05) is 18.5 Å². The van der Waals surface area contributed by atoms with Gasteiger partial charge in [-0.2, -0.15) is 0 Å². The molecule has 1 aliphatic heterocycles. The molecule has 1 aliphatic rings. The first-order chi connectivity index (χ1) is 11.2. The molecule has 5 heteroatoms. The van der Waals surface area contributed by atoms with Crippen molar-refractivity contribution in [3.8, 4) is 0 Å². The van der Waals surface area contributed by atoms with E-state index in [1.807, 2.05) is 18.2 Å². The van der Waals surface area contributed by atoms with Crippen molar-refractivity contribution in [1.82, 2.24) is 20.7 Å². The Kier molecular flexibility index (Phi) is 5.41. The van der Waals surface area contributed by atoms with Crippen LogP contribution in [-0.4, -0.2) is 28.1 Å². The Labute approximate surface area is 143 Å². The minimum atomic E-state index is 0.0875. The van der Waals surface area contributed by atoms with Gasteiger partial charge in [-0.1, -0.05) is 37.1 Å². The predicted molar refractivity (Wildman–Crippen MR) is 99.1 cm³/mol. The molecule has 1 aromatic heterocycles. The quantitative estimate of drug-likeness (QED) is 0.666. The van der Waals surface area contributed by atoms with Crippen molar-refractivity contribution in [2.45, 2.75) is 38.6 Å². The van der Waals surface area contributed by atoms with Crippen LogP contribution in [0.2, 0.25) is 0 Å². The molecule has 122 valence electrons. The first-order valence-electron chi connectivity index (χ1n) is 8.40. The van der Waals surface area contributed by atoms with E-state index in [1.54, 1.807) is 0 Å². The summed E-state index contributed by atoms with van der Waals surface area (Å²) in [5.41, 5.74) is 8.51. The van der Waals surface area contributed by atoms with Gasteiger partial charge in [-0.25, -0.2) is 5.43 Å². The number of hydrogen-bond acceptors (Lipinski definition) is 3. The number of aromatic nitrogens is 1.